The van der Waals surface area contributed by atoms with E-state index in [1.165, 1.54) is 0 Å². The maximum Gasteiger partial charge on any atom is 0.312 e. The molecular formula is C5H8N2O2. The Balaban J connectivity index is 3.19. The number of amides is 2. The summed E-state index contributed by atoms with van der Waals surface area (Å²) in [7, 11) is 0. The quantitative estimate of drug-likeness (QED) is 0.382. The number of primary amides is 1. The van der Waals surface area contributed by atoms with Gasteiger partial charge in [-0.15, -0.1) is 0 Å². The van der Waals surface area contributed by atoms with E-state index in [1.807, 2.05) is 0 Å². The zero-order chi connectivity index (χ0) is 7.11. The third-order valence-corrected chi connectivity index (χ3v) is 0.555. The van der Waals surface area contributed by atoms with E-state index in [2.05, 4.69) is 17.2 Å². The number of nitrogens with two attached hydrogens (primary N) is 1. The van der Waals surface area contributed by atoms with E-state index in [-0.39, 0.29) is 13.2 Å². The molecule has 0 spiro atoms. The highest BCUT2D eigenvalue weighted by Gasteiger charge is 1.82. The number of carbonyl (C=O) groups excluding carboxylic acids is 1. The van der Waals surface area contributed by atoms with E-state index in [0.717, 1.165) is 0 Å². The fourth-order valence-electron chi connectivity index (χ4n) is 0.250. The first-order chi connectivity index (χ1) is 4.27. The highest BCUT2D eigenvalue weighted by Crippen LogP contribution is 1.55. The van der Waals surface area contributed by atoms with E-state index in [9.17, 15) is 4.79 Å². The Bertz CT molecular complexity index is 145. The van der Waals surface area contributed by atoms with Gasteiger partial charge in [0.15, 0.2) is 0 Å². The van der Waals surface area contributed by atoms with Crippen molar-refractivity contribution in [3.63, 3.8) is 0 Å². The van der Waals surface area contributed by atoms with E-state index in [1.54, 1.807) is 0 Å². The first kappa shape index (κ1) is 7.79. The van der Waals surface area contributed by atoms with Crippen molar-refractivity contribution in [2.24, 2.45) is 5.73 Å². The minimum atomic E-state index is -0.609. The van der Waals surface area contributed by atoms with Crippen LogP contribution in [0, 0.1) is 11.8 Å². The number of nitrogens with one attached hydrogen (secondary N) is 1. The Labute approximate surface area is 53.0 Å². The number of carbonyl (C=O) groups is 1. The van der Waals surface area contributed by atoms with Crippen LogP contribution in [0.5, 0.6) is 0 Å². The van der Waals surface area contributed by atoms with Crippen LogP contribution in [0.2, 0.25) is 0 Å². The van der Waals surface area contributed by atoms with Crippen LogP contribution in [0.1, 0.15) is 0 Å². The second-order valence-corrected chi connectivity index (χ2v) is 1.23. The van der Waals surface area contributed by atoms with E-state index < -0.39 is 6.03 Å². The number of rotatable bonds is 1. The normalized spacial score (nSPS) is 7.22. The Morgan fingerprint density at radius 2 is 2.33 bits per heavy atom. The van der Waals surface area contributed by atoms with E-state index in [0.29, 0.717) is 0 Å². The predicted octanol–water partition coefficient (Wildman–Crippen LogP) is -1.35. The lowest BCUT2D eigenvalue weighted by molar-refractivity contribution is 0.250. The summed E-state index contributed by atoms with van der Waals surface area (Å²) in [5, 5.41) is 10.3. The molecule has 0 saturated carbocycles. The standard InChI is InChI=1S/C5H8N2O2/c6-5(9)7-3-1-2-4-8/h8H,3-4H2,(H3,6,7,9). The Hall–Kier alpha value is -1.21. The summed E-state index contributed by atoms with van der Waals surface area (Å²) < 4.78 is 0. The van der Waals surface area contributed by atoms with Gasteiger partial charge in [-0.1, -0.05) is 11.8 Å². The van der Waals surface area contributed by atoms with Crippen molar-refractivity contribution in [3.05, 3.63) is 0 Å². The van der Waals surface area contributed by atoms with Crippen LogP contribution in [0.25, 0.3) is 0 Å². The van der Waals surface area contributed by atoms with Crippen LogP contribution in [-0.4, -0.2) is 24.3 Å². The third-order valence-electron chi connectivity index (χ3n) is 0.555. The molecule has 0 aromatic heterocycles. The molecule has 0 aromatic carbocycles. The van der Waals surface area contributed by atoms with Gasteiger partial charge in [0.2, 0.25) is 0 Å². The van der Waals surface area contributed by atoms with Gasteiger partial charge in [-0.25, -0.2) is 4.79 Å². The lowest BCUT2D eigenvalue weighted by Gasteiger charge is -1.89. The van der Waals surface area contributed by atoms with E-state index in [4.69, 9.17) is 10.8 Å². The van der Waals surface area contributed by atoms with Crippen LogP contribution in [0.4, 0.5) is 4.79 Å². The van der Waals surface area contributed by atoms with Crippen molar-refractivity contribution in [3.8, 4) is 11.8 Å². The summed E-state index contributed by atoms with van der Waals surface area (Å²) in [6, 6.07) is -0.609. The average Bonchev–Trinajstić information content (AvgIpc) is 1.80. The van der Waals surface area contributed by atoms with Gasteiger partial charge in [0, 0.05) is 0 Å². The monoisotopic (exact) mass is 128 g/mol. The summed E-state index contributed by atoms with van der Waals surface area (Å²) in [4.78, 5) is 9.94. The summed E-state index contributed by atoms with van der Waals surface area (Å²) in [6.07, 6.45) is 0. The number of aliphatic hydroxyl groups is 1. The topological polar surface area (TPSA) is 75.4 Å². The fourth-order valence-corrected chi connectivity index (χ4v) is 0.250. The van der Waals surface area contributed by atoms with Crippen LogP contribution < -0.4 is 11.1 Å². The van der Waals surface area contributed by atoms with Crippen molar-refractivity contribution in [1.82, 2.24) is 5.32 Å². The number of urea groups is 1. The molecule has 0 aliphatic heterocycles. The minimum Gasteiger partial charge on any atom is -0.384 e. The first-order valence-corrected chi connectivity index (χ1v) is 2.37. The number of hydrogen-bond donors (Lipinski definition) is 3. The van der Waals surface area contributed by atoms with Crippen LogP contribution in [0.3, 0.4) is 0 Å². The molecule has 0 aliphatic rings. The smallest absolute Gasteiger partial charge is 0.312 e. The molecule has 4 N–H and O–H groups in total. The molecule has 0 aromatic rings. The molecule has 9 heavy (non-hydrogen) atoms. The Morgan fingerprint density at radius 3 is 2.78 bits per heavy atom. The zero-order valence-electron chi connectivity index (χ0n) is 4.85. The molecular weight excluding hydrogens is 120 g/mol. The Morgan fingerprint density at radius 1 is 1.67 bits per heavy atom. The zero-order valence-corrected chi connectivity index (χ0v) is 4.85. The van der Waals surface area contributed by atoms with Crippen LogP contribution in [0.15, 0.2) is 0 Å². The molecule has 4 heteroatoms. The van der Waals surface area contributed by atoms with Gasteiger partial charge >= 0.3 is 6.03 Å². The average molecular weight is 128 g/mol. The molecule has 0 bridgehead atoms. The predicted molar refractivity (Wildman–Crippen MR) is 32.4 cm³/mol. The number of aliphatic hydroxyl groups excluding tert-OH is 1. The van der Waals surface area contributed by atoms with Crippen molar-refractivity contribution in [2.45, 2.75) is 0 Å². The largest absolute Gasteiger partial charge is 0.384 e. The maximum absolute atomic E-state index is 9.94. The fraction of sp³-hybridized carbons (Fsp3) is 0.400. The molecule has 0 radical (unpaired) electrons. The van der Waals surface area contributed by atoms with Gasteiger partial charge < -0.3 is 16.2 Å². The molecule has 0 aliphatic carbocycles. The minimum absolute atomic E-state index is 0.190. The SMILES string of the molecule is NC(=O)NCC#CCO. The molecule has 50 valence electrons. The van der Waals surface area contributed by atoms with Crippen molar-refractivity contribution >= 4 is 6.03 Å². The molecule has 0 unspecified atom stereocenters. The molecule has 2 amide bonds. The molecule has 4 nitrogen and oxygen atoms in total. The first-order valence-electron chi connectivity index (χ1n) is 2.37. The maximum atomic E-state index is 9.94. The molecule has 0 rings (SSSR count). The van der Waals surface area contributed by atoms with Crippen molar-refractivity contribution in [2.75, 3.05) is 13.2 Å². The second-order valence-electron chi connectivity index (χ2n) is 1.23. The Kier molecular flexibility index (Phi) is 4.27. The van der Waals surface area contributed by atoms with Crippen molar-refractivity contribution in [1.29, 1.82) is 0 Å². The summed E-state index contributed by atoms with van der Waals surface area (Å²) in [6.45, 7) is -0.00364. The lowest BCUT2D eigenvalue weighted by Crippen LogP contribution is -2.29. The molecule has 0 heterocycles. The van der Waals surface area contributed by atoms with Crippen molar-refractivity contribution < 1.29 is 9.90 Å². The molecule has 0 atom stereocenters. The van der Waals surface area contributed by atoms with Gasteiger partial charge in [0.1, 0.15) is 6.61 Å². The van der Waals surface area contributed by atoms with Gasteiger partial charge in [0.25, 0.3) is 0 Å². The summed E-state index contributed by atoms with van der Waals surface area (Å²) in [5.74, 6) is 4.79. The van der Waals surface area contributed by atoms with Gasteiger partial charge in [-0.3, -0.25) is 0 Å². The van der Waals surface area contributed by atoms with Crippen LogP contribution in [-0.2, 0) is 0 Å². The van der Waals surface area contributed by atoms with Crippen LogP contribution >= 0.6 is 0 Å². The van der Waals surface area contributed by atoms with Gasteiger partial charge in [-0.2, -0.15) is 0 Å². The second kappa shape index (κ2) is 4.94. The third kappa shape index (κ3) is 6.79. The molecule has 0 saturated heterocycles. The summed E-state index contributed by atoms with van der Waals surface area (Å²) >= 11 is 0. The lowest BCUT2D eigenvalue weighted by atomic mass is 10.6. The highest BCUT2D eigenvalue weighted by atomic mass is 16.2. The molecule has 0 fully saturated rings. The number of hydrogen-bond acceptors (Lipinski definition) is 2. The van der Waals surface area contributed by atoms with E-state index >= 15 is 0 Å². The highest BCUT2D eigenvalue weighted by molar-refractivity contribution is 5.71. The summed E-state index contributed by atoms with van der Waals surface area (Å²) in [5.41, 5.74) is 4.69. The van der Waals surface area contributed by atoms with Gasteiger partial charge in [-0.05, 0) is 0 Å². The van der Waals surface area contributed by atoms with Gasteiger partial charge in [0.05, 0.1) is 6.54 Å².